The average molecular weight is 253 g/mol. The van der Waals surface area contributed by atoms with Gasteiger partial charge < -0.3 is 11.1 Å². The number of hydrogen-bond donors (Lipinski definition) is 2. The van der Waals surface area contributed by atoms with Gasteiger partial charge in [0.15, 0.2) is 0 Å². The Morgan fingerprint density at radius 1 is 1.53 bits per heavy atom. The molecule has 0 aromatic carbocycles. The van der Waals surface area contributed by atoms with E-state index >= 15 is 0 Å². The highest BCUT2D eigenvalue weighted by atomic mass is 32.1. The lowest BCUT2D eigenvalue weighted by atomic mass is 9.85. The van der Waals surface area contributed by atoms with Crippen LogP contribution in [0, 0.1) is 5.92 Å². The van der Waals surface area contributed by atoms with E-state index < -0.39 is 0 Å². The molecule has 2 rings (SSSR count). The Hall–Kier alpha value is -0.940. The van der Waals surface area contributed by atoms with Gasteiger partial charge in [0.2, 0.25) is 5.91 Å². The summed E-state index contributed by atoms with van der Waals surface area (Å²) in [4.78, 5) is 15.4. The van der Waals surface area contributed by atoms with Crippen LogP contribution in [0.15, 0.2) is 10.9 Å². The molecule has 1 atom stereocenters. The van der Waals surface area contributed by atoms with E-state index in [1.54, 1.807) is 11.3 Å². The largest absolute Gasteiger partial charge is 0.369 e. The van der Waals surface area contributed by atoms with Crippen molar-refractivity contribution in [2.45, 2.75) is 44.7 Å². The molecule has 0 aliphatic heterocycles. The second kappa shape index (κ2) is 5.60. The van der Waals surface area contributed by atoms with Crippen molar-refractivity contribution in [3.05, 3.63) is 16.6 Å². The van der Waals surface area contributed by atoms with Gasteiger partial charge in [-0.1, -0.05) is 0 Å². The molecule has 1 aliphatic rings. The Morgan fingerprint density at radius 2 is 2.24 bits per heavy atom. The van der Waals surface area contributed by atoms with E-state index in [1.807, 2.05) is 5.51 Å². The van der Waals surface area contributed by atoms with Crippen LogP contribution in [-0.4, -0.2) is 16.9 Å². The van der Waals surface area contributed by atoms with Crippen LogP contribution in [0.2, 0.25) is 0 Å². The van der Waals surface area contributed by atoms with Gasteiger partial charge in [0, 0.05) is 23.4 Å². The monoisotopic (exact) mass is 253 g/mol. The van der Waals surface area contributed by atoms with E-state index in [4.69, 9.17) is 5.73 Å². The first kappa shape index (κ1) is 12.5. The SMILES string of the molecule is CC(NC1CCC(C(N)=O)CC1)c1cscn1. The summed E-state index contributed by atoms with van der Waals surface area (Å²) in [6, 6.07) is 0.777. The van der Waals surface area contributed by atoms with Gasteiger partial charge >= 0.3 is 0 Å². The van der Waals surface area contributed by atoms with E-state index in [1.165, 1.54) is 0 Å². The Balaban J connectivity index is 1.80. The first-order valence-corrected chi connectivity index (χ1v) is 7.04. The third-order valence-corrected chi connectivity index (χ3v) is 4.12. The maximum absolute atomic E-state index is 11.1. The van der Waals surface area contributed by atoms with Gasteiger partial charge in [-0.3, -0.25) is 4.79 Å². The summed E-state index contributed by atoms with van der Waals surface area (Å²) >= 11 is 1.62. The average Bonchev–Trinajstić information content (AvgIpc) is 2.83. The van der Waals surface area contributed by atoms with Gasteiger partial charge in [-0.15, -0.1) is 11.3 Å². The molecule has 0 saturated heterocycles. The zero-order chi connectivity index (χ0) is 12.3. The normalized spacial score (nSPS) is 26.6. The maximum Gasteiger partial charge on any atom is 0.220 e. The lowest BCUT2D eigenvalue weighted by Gasteiger charge is -2.29. The first-order valence-electron chi connectivity index (χ1n) is 6.10. The zero-order valence-electron chi connectivity index (χ0n) is 10.1. The molecule has 1 aromatic rings. The highest BCUT2D eigenvalue weighted by Crippen LogP contribution is 2.25. The Bertz CT molecular complexity index is 358. The summed E-state index contributed by atoms with van der Waals surface area (Å²) in [5.74, 6) is -0.0568. The molecule has 1 aliphatic carbocycles. The summed E-state index contributed by atoms with van der Waals surface area (Å²) in [5.41, 5.74) is 8.29. The summed E-state index contributed by atoms with van der Waals surface area (Å²) in [7, 11) is 0. The van der Waals surface area contributed by atoms with E-state index in [0.29, 0.717) is 6.04 Å². The number of carbonyl (C=O) groups excluding carboxylic acids is 1. The van der Waals surface area contributed by atoms with Gasteiger partial charge in [-0.05, 0) is 32.6 Å². The molecular formula is C12H19N3OS. The van der Waals surface area contributed by atoms with Crippen molar-refractivity contribution in [3.63, 3.8) is 0 Å². The van der Waals surface area contributed by atoms with Crippen LogP contribution in [-0.2, 0) is 4.79 Å². The Labute approximate surface area is 106 Å². The third kappa shape index (κ3) is 3.26. The second-order valence-electron chi connectivity index (χ2n) is 4.75. The van der Waals surface area contributed by atoms with E-state index in [-0.39, 0.29) is 17.9 Å². The van der Waals surface area contributed by atoms with Gasteiger partial charge in [0.1, 0.15) is 0 Å². The van der Waals surface area contributed by atoms with Crippen molar-refractivity contribution in [1.82, 2.24) is 10.3 Å². The van der Waals surface area contributed by atoms with E-state index in [2.05, 4.69) is 22.6 Å². The predicted molar refractivity (Wildman–Crippen MR) is 68.6 cm³/mol. The molecule has 3 N–H and O–H groups in total. The number of rotatable bonds is 4. The number of primary amides is 1. The van der Waals surface area contributed by atoms with Crippen molar-refractivity contribution >= 4 is 17.2 Å². The van der Waals surface area contributed by atoms with Crippen LogP contribution in [0.5, 0.6) is 0 Å². The van der Waals surface area contributed by atoms with Crippen molar-refractivity contribution in [1.29, 1.82) is 0 Å². The molecular weight excluding hydrogens is 234 g/mol. The molecule has 0 bridgehead atoms. The minimum absolute atomic E-state index is 0.0858. The molecule has 5 heteroatoms. The van der Waals surface area contributed by atoms with Gasteiger partial charge in [-0.2, -0.15) is 0 Å². The van der Waals surface area contributed by atoms with Crippen molar-refractivity contribution < 1.29 is 4.79 Å². The number of nitrogens with one attached hydrogen (secondary N) is 1. The number of aromatic nitrogens is 1. The number of hydrogen-bond acceptors (Lipinski definition) is 4. The Kier molecular flexibility index (Phi) is 4.12. The summed E-state index contributed by atoms with van der Waals surface area (Å²) in [6.45, 7) is 2.13. The summed E-state index contributed by atoms with van der Waals surface area (Å²) < 4.78 is 0. The van der Waals surface area contributed by atoms with Gasteiger partial charge in [-0.25, -0.2) is 4.98 Å². The molecule has 17 heavy (non-hydrogen) atoms. The Morgan fingerprint density at radius 3 is 2.76 bits per heavy atom. The molecule has 1 fully saturated rings. The van der Waals surface area contributed by atoms with Crippen LogP contribution >= 0.6 is 11.3 Å². The molecule has 94 valence electrons. The van der Waals surface area contributed by atoms with E-state index in [9.17, 15) is 4.79 Å². The predicted octanol–water partition coefficient (Wildman–Crippen LogP) is 1.84. The molecule has 0 spiro atoms. The number of nitrogens with zero attached hydrogens (tertiary/aromatic N) is 1. The lowest BCUT2D eigenvalue weighted by molar-refractivity contribution is -0.122. The quantitative estimate of drug-likeness (QED) is 0.860. The van der Waals surface area contributed by atoms with Crippen molar-refractivity contribution in [2.24, 2.45) is 11.7 Å². The van der Waals surface area contributed by atoms with E-state index in [0.717, 1.165) is 31.4 Å². The zero-order valence-corrected chi connectivity index (χ0v) is 10.9. The minimum atomic E-state index is -0.143. The van der Waals surface area contributed by atoms with Crippen LogP contribution in [0.25, 0.3) is 0 Å². The maximum atomic E-state index is 11.1. The summed E-state index contributed by atoms with van der Waals surface area (Å²) in [6.07, 6.45) is 3.89. The molecule has 1 saturated carbocycles. The van der Waals surface area contributed by atoms with Crippen molar-refractivity contribution in [3.8, 4) is 0 Å². The number of carbonyl (C=O) groups is 1. The first-order chi connectivity index (χ1) is 8.16. The topological polar surface area (TPSA) is 68.0 Å². The molecule has 1 aromatic heterocycles. The highest BCUT2D eigenvalue weighted by Gasteiger charge is 2.25. The number of thiazole rings is 1. The third-order valence-electron chi connectivity index (χ3n) is 3.51. The smallest absolute Gasteiger partial charge is 0.220 e. The van der Waals surface area contributed by atoms with Gasteiger partial charge in [0.25, 0.3) is 0 Å². The van der Waals surface area contributed by atoms with Crippen LogP contribution < -0.4 is 11.1 Å². The standard InChI is InChI=1S/C12H19N3OS/c1-8(11-6-17-7-14-11)15-10-4-2-9(3-5-10)12(13)16/h6-10,15H,2-5H2,1H3,(H2,13,16). The second-order valence-corrected chi connectivity index (χ2v) is 5.47. The molecule has 1 amide bonds. The van der Waals surface area contributed by atoms with Crippen LogP contribution in [0.4, 0.5) is 0 Å². The molecule has 0 radical (unpaired) electrons. The molecule has 4 nitrogen and oxygen atoms in total. The fraction of sp³-hybridized carbons (Fsp3) is 0.667. The molecule has 1 unspecified atom stereocenters. The number of amides is 1. The summed E-state index contributed by atoms with van der Waals surface area (Å²) in [5, 5.41) is 5.65. The van der Waals surface area contributed by atoms with Crippen LogP contribution in [0.3, 0.4) is 0 Å². The highest BCUT2D eigenvalue weighted by molar-refractivity contribution is 7.07. The fourth-order valence-electron chi connectivity index (χ4n) is 2.42. The van der Waals surface area contributed by atoms with Gasteiger partial charge in [0.05, 0.1) is 11.2 Å². The lowest BCUT2D eigenvalue weighted by Crippen LogP contribution is -2.37. The number of nitrogens with two attached hydrogens (primary N) is 1. The van der Waals surface area contributed by atoms with Crippen LogP contribution in [0.1, 0.15) is 44.3 Å². The van der Waals surface area contributed by atoms with Crippen molar-refractivity contribution in [2.75, 3.05) is 0 Å². The molecule has 1 heterocycles. The fourth-order valence-corrected chi connectivity index (χ4v) is 3.07. The minimum Gasteiger partial charge on any atom is -0.369 e.